The van der Waals surface area contributed by atoms with Crippen LogP contribution in [0.15, 0.2) is 23.1 Å². The van der Waals surface area contributed by atoms with Crippen molar-refractivity contribution in [1.29, 1.82) is 5.26 Å². The van der Waals surface area contributed by atoms with Gasteiger partial charge in [-0.2, -0.15) is 5.26 Å². The van der Waals surface area contributed by atoms with Crippen molar-refractivity contribution in [1.82, 2.24) is 0 Å². The molecule has 0 aromatic heterocycles. The molecule has 74 valence electrons. The fourth-order valence-corrected chi connectivity index (χ4v) is 2.26. The lowest BCUT2D eigenvalue weighted by Gasteiger charge is -2.03. The molecule has 0 N–H and O–H groups in total. The third kappa shape index (κ3) is 3.08. The summed E-state index contributed by atoms with van der Waals surface area (Å²) in [6.45, 7) is 4.20. The van der Waals surface area contributed by atoms with Gasteiger partial charge in [-0.15, -0.1) is 11.8 Å². The maximum atomic E-state index is 8.94. The largest absolute Gasteiger partial charge is 0.192 e. The maximum Gasteiger partial charge on any atom is 0.100 e. The summed E-state index contributed by atoms with van der Waals surface area (Å²) in [4.78, 5) is 1.12. The van der Waals surface area contributed by atoms with Gasteiger partial charge in [0.15, 0.2) is 0 Å². The van der Waals surface area contributed by atoms with Crippen LogP contribution >= 0.6 is 11.8 Å². The second kappa shape index (κ2) is 5.72. The van der Waals surface area contributed by atoms with Crippen molar-refractivity contribution in [2.24, 2.45) is 0 Å². The first-order valence-electron chi connectivity index (χ1n) is 4.91. The summed E-state index contributed by atoms with van der Waals surface area (Å²) in [6, 6.07) is 8.31. The number of nitrogens with zero attached hydrogens (tertiary/aromatic N) is 1. The number of unbranched alkanes of at least 4 members (excludes halogenated alkanes) is 1. The molecular weight excluding hydrogens is 190 g/mol. The Bertz CT molecular complexity index is 339. The molecule has 0 amide bonds. The molecule has 0 aliphatic carbocycles. The van der Waals surface area contributed by atoms with Gasteiger partial charge in [0.2, 0.25) is 0 Å². The van der Waals surface area contributed by atoms with Crippen molar-refractivity contribution >= 4 is 11.8 Å². The SMILES string of the molecule is CCCCSc1ccc(C)cc1C#N. The van der Waals surface area contributed by atoms with Gasteiger partial charge >= 0.3 is 0 Å². The Balaban J connectivity index is 2.72. The highest BCUT2D eigenvalue weighted by atomic mass is 32.2. The maximum absolute atomic E-state index is 8.94. The quantitative estimate of drug-likeness (QED) is 0.552. The molecule has 0 unspecified atom stereocenters. The minimum atomic E-state index is 0.811. The van der Waals surface area contributed by atoms with Crippen LogP contribution < -0.4 is 0 Å². The molecule has 0 atom stereocenters. The number of aryl methyl sites for hydroxylation is 1. The summed E-state index contributed by atoms with van der Waals surface area (Å²) >= 11 is 1.78. The smallest absolute Gasteiger partial charge is 0.100 e. The fraction of sp³-hybridized carbons (Fsp3) is 0.417. The third-order valence-corrected chi connectivity index (χ3v) is 3.17. The van der Waals surface area contributed by atoms with Crippen molar-refractivity contribution in [2.75, 3.05) is 5.75 Å². The average Bonchev–Trinajstić information content (AvgIpc) is 2.20. The Hall–Kier alpha value is -0.940. The van der Waals surface area contributed by atoms with Gasteiger partial charge in [-0.05, 0) is 36.8 Å². The lowest BCUT2D eigenvalue weighted by atomic mass is 10.2. The lowest BCUT2D eigenvalue weighted by molar-refractivity contribution is 0.896. The van der Waals surface area contributed by atoms with E-state index in [1.54, 1.807) is 11.8 Å². The fourth-order valence-electron chi connectivity index (χ4n) is 1.18. The Kier molecular flexibility index (Phi) is 4.55. The van der Waals surface area contributed by atoms with Crippen molar-refractivity contribution in [3.05, 3.63) is 29.3 Å². The normalized spacial score (nSPS) is 9.79. The van der Waals surface area contributed by atoms with E-state index in [1.807, 2.05) is 19.1 Å². The summed E-state index contributed by atoms with van der Waals surface area (Å²) < 4.78 is 0. The Morgan fingerprint density at radius 2 is 2.21 bits per heavy atom. The van der Waals surface area contributed by atoms with Gasteiger partial charge in [0.05, 0.1) is 5.56 Å². The Morgan fingerprint density at radius 3 is 2.86 bits per heavy atom. The summed E-state index contributed by atoms with van der Waals surface area (Å²) in [5.74, 6) is 1.11. The van der Waals surface area contributed by atoms with E-state index in [0.717, 1.165) is 21.8 Å². The van der Waals surface area contributed by atoms with E-state index in [9.17, 15) is 0 Å². The van der Waals surface area contributed by atoms with Crippen molar-refractivity contribution in [3.63, 3.8) is 0 Å². The van der Waals surface area contributed by atoms with Crippen LogP contribution in [0.25, 0.3) is 0 Å². The van der Waals surface area contributed by atoms with Crippen molar-refractivity contribution < 1.29 is 0 Å². The summed E-state index contributed by atoms with van der Waals surface area (Å²) in [5.41, 5.74) is 1.97. The third-order valence-electron chi connectivity index (χ3n) is 2.01. The second-order valence-corrected chi connectivity index (χ2v) is 4.45. The van der Waals surface area contributed by atoms with E-state index < -0.39 is 0 Å². The highest BCUT2D eigenvalue weighted by Gasteiger charge is 2.01. The average molecular weight is 205 g/mol. The summed E-state index contributed by atoms with van der Waals surface area (Å²) in [5, 5.41) is 8.94. The molecule has 0 saturated carbocycles. The topological polar surface area (TPSA) is 23.8 Å². The molecule has 0 saturated heterocycles. The van der Waals surface area contributed by atoms with Crippen LogP contribution in [0, 0.1) is 18.3 Å². The molecule has 0 aliphatic heterocycles. The van der Waals surface area contributed by atoms with Crippen LogP contribution in [0.2, 0.25) is 0 Å². The molecule has 1 nitrogen and oxygen atoms in total. The molecule has 2 heteroatoms. The minimum absolute atomic E-state index is 0.811. The number of hydrogen-bond donors (Lipinski definition) is 0. The number of hydrogen-bond acceptors (Lipinski definition) is 2. The standard InChI is InChI=1S/C12H15NS/c1-3-4-7-14-12-6-5-10(2)8-11(12)9-13/h5-6,8H,3-4,7H2,1-2H3. The van der Waals surface area contributed by atoms with E-state index in [0.29, 0.717) is 0 Å². The van der Waals surface area contributed by atoms with Crippen molar-refractivity contribution in [3.8, 4) is 6.07 Å². The molecule has 0 fully saturated rings. The second-order valence-electron chi connectivity index (χ2n) is 3.31. The predicted molar refractivity (Wildman–Crippen MR) is 61.5 cm³/mol. The van der Waals surface area contributed by atoms with E-state index in [4.69, 9.17) is 5.26 Å². The zero-order valence-corrected chi connectivity index (χ0v) is 9.53. The molecule has 1 rings (SSSR count). The summed E-state index contributed by atoms with van der Waals surface area (Å²) in [7, 11) is 0. The van der Waals surface area contributed by atoms with Gasteiger partial charge in [0.1, 0.15) is 6.07 Å². The highest BCUT2D eigenvalue weighted by molar-refractivity contribution is 7.99. The molecule has 0 spiro atoms. The molecule has 0 bridgehead atoms. The molecule has 0 aliphatic rings. The van der Waals surface area contributed by atoms with Gasteiger partial charge in [-0.1, -0.05) is 19.4 Å². The molecule has 0 heterocycles. The van der Waals surface area contributed by atoms with Crippen LogP contribution in [-0.2, 0) is 0 Å². The zero-order valence-electron chi connectivity index (χ0n) is 8.71. The van der Waals surface area contributed by atoms with E-state index >= 15 is 0 Å². The van der Waals surface area contributed by atoms with Crippen LogP contribution in [0.4, 0.5) is 0 Å². The van der Waals surface area contributed by atoms with Gasteiger partial charge in [-0.3, -0.25) is 0 Å². The first-order valence-corrected chi connectivity index (χ1v) is 5.90. The number of thioether (sulfide) groups is 1. The first-order chi connectivity index (χ1) is 6.77. The van der Waals surface area contributed by atoms with Gasteiger partial charge < -0.3 is 0 Å². The number of rotatable bonds is 4. The monoisotopic (exact) mass is 205 g/mol. The van der Waals surface area contributed by atoms with Crippen LogP contribution in [0.1, 0.15) is 30.9 Å². The summed E-state index contributed by atoms with van der Waals surface area (Å²) in [6.07, 6.45) is 2.42. The Morgan fingerprint density at radius 1 is 1.43 bits per heavy atom. The first kappa shape index (κ1) is 11.1. The number of benzene rings is 1. The van der Waals surface area contributed by atoms with Gasteiger partial charge in [0.25, 0.3) is 0 Å². The molecule has 1 aromatic rings. The zero-order chi connectivity index (χ0) is 10.4. The highest BCUT2D eigenvalue weighted by Crippen LogP contribution is 2.24. The van der Waals surface area contributed by atoms with Crippen LogP contribution in [-0.4, -0.2) is 5.75 Å². The van der Waals surface area contributed by atoms with Crippen molar-refractivity contribution in [2.45, 2.75) is 31.6 Å². The van der Waals surface area contributed by atoms with Gasteiger partial charge in [0, 0.05) is 4.90 Å². The van der Waals surface area contributed by atoms with E-state index in [1.165, 1.54) is 12.8 Å². The molecule has 1 aromatic carbocycles. The van der Waals surface area contributed by atoms with Gasteiger partial charge in [-0.25, -0.2) is 0 Å². The van der Waals surface area contributed by atoms with E-state index in [-0.39, 0.29) is 0 Å². The lowest BCUT2D eigenvalue weighted by Crippen LogP contribution is -1.85. The molecular formula is C12H15NS. The molecule has 0 radical (unpaired) electrons. The predicted octanol–water partition coefficient (Wildman–Crippen LogP) is 3.76. The Labute approximate surface area is 90.1 Å². The minimum Gasteiger partial charge on any atom is -0.192 e. The van der Waals surface area contributed by atoms with E-state index in [2.05, 4.69) is 19.1 Å². The molecule has 14 heavy (non-hydrogen) atoms. The van der Waals surface area contributed by atoms with Crippen LogP contribution in [0.3, 0.4) is 0 Å². The van der Waals surface area contributed by atoms with Crippen LogP contribution in [0.5, 0.6) is 0 Å². The number of nitriles is 1.